The van der Waals surface area contributed by atoms with E-state index in [1.807, 2.05) is 13.8 Å². The highest BCUT2D eigenvalue weighted by Gasteiger charge is 2.22. The average molecular weight is 520 g/mol. The number of rotatable bonds is 13. The highest BCUT2D eigenvalue weighted by molar-refractivity contribution is 7.40. The van der Waals surface area contributed by atoms with Crippen molar-refractivity contribution in [1.82, 2.24) is 5.32 Å². The first-order valence-corrected chi connectivity index (χ1v) is 14.3. The Balaban J connectivity index is 1.45. The Morgan fingerprint density at radius 3 is 2.33 bits per heavy atom. The molecule has 0 saturated heterocycles. The number of aliphatic hydroxyl groups excluding tert-OH is 1. The molecule has 2 aromatic carbocycles. The van der Waals surface area contributed by atoms with E-state index in [9.17, 15) is 14.8 Å². The van der Waals surface area contributed by atoms with Crippen molar-refractivity contribution in [3.8, 4) is 17.2 Å². The van der Waals surface area contributed by atoms with Gasteiger partial charge in [-0.15, -0.1) is 0 Å². The molecule has 1 aliphatic rings. The number of aryl methyl sites for hydroxylation is 2. The van der Waals surface area contributed by atoms with E-state index in [4.69, 9.17) is 14.0 Å². The molecule has 8 heteroatoms. The molecule has 1 fully saturated rings. The Hall–Kier alpha value is -2.05. The second kappa shape index (κ2) is 13.5. The van der Waals surface area contributed by atoms with Crippen LogP contribution in [-0.4, -0.2) is 47.5 Å². The fraction of sp³-hybridized carbons (Fsp3) is 0.571. The quantitative estimate of drug-likeness (QED) is 0.237. The summed E-state index contributed by atoms with van der Waals surface area (Å²) in [6.45, 7) is 8.81. The third kappa shape index (κ3) is 9.11. The second-order valence-electron chi connectivity index (χ2n) is 10.5. The van der Waals surface area contributed by atoms with Gasteiger partial charge < -0.3 is 25.0 Å². The zero-order valence-corrected chi connectivity index (χ0v) is 23.0. The average Bonchev–Trinajstić information content (AvgIpc) is 2.84. The molecule has 1 aliphatic carbocycles. The Kier molecular flexibility index (Phi) is 10.7. The van der Waals surface area contributed by atoms with Crippen LogP contribution in [-0.2, 0) is 15.5 Å². The smallest absolute Gasteiger partial charge is 0.197 e. The minimum absolute atomic E-state index is 0.0203. The van der Waals surface area contributed by atoms with E-state index in [0.717, 1.165) is 49.0 Å². The molecule has 0 bridgehead atoms. The SMILES string of the molecule is Cc1cc(CC(C)(C)NCC(O)COc2ccc(O)cc2)cc(C)c1OCO[PH](=O)C1CCCCC1. The number of hydrogen-bond acceptors (Lipinski definition) is 7. The third-order valence-corrected chi connectivity index (χ3v) is 8.25. The molecule has 7 nitrogen and oxygen atoms in total. The maximum atomic E-state index is 12.4. The zero-order chi connectivity index (χ0) is 26.1. The van der Waals surface area contributed by atoms with E-state index in [0.29, 0.717) is 12.3 Å². The van der Waals surface area contributed by atoms with Gasteiger partial charge in [-0.3, -0.25) is 9.09 Å². The van der Waals surface area contributed by atoms with Crippen molar-refractivity contribution in [2.24, 2.45) is 0 Å². The van der Waals surface area contributed by atoms with E-state index in [2.05, 4.69) is 31.3 Å². The molecule has 0 heterocycles. The van der Waals surface area contributed by atoms with Crippen molar-refractivity contribution in [2.75, 3.05) is 19.9 Å². The van der Waals surface area contributed by atoms with Gasteiger partial charge in [0.15, 0.2) is 14.8 Å². The molecule has 2 atom stereocenters. The summed E-state index contributed by atoms with van der Waals surface area (Å²) < 4.78 is 29.5. The lowest BCUT2D eigenvalue weighted by Crippen LogP contribution is -2.46. The Morgan fingerprint density at radius 1 is 1.06 bits per heavy atom. The number of aliphatic hydroxyl groups is 1. The Labute approximate surface area is 216 Å². The van der Waals surface area contributed by atoms with Crippen molar-refractivity contribution in [2.45, 2.75) is 83.5 Å². The summed E-state index contributed by atoms with van der Waals surface area (Å²) in [4.78, 5) is 0. The summed E-state index contributed by atoms with van der Waals surface area (Å²) >= 11 is 0. The minimum Gasteiger partial charge on any atom is -0.508 e. The fourth-order valence-corrected chi connectivity index (χ4v) is 6.02. The molecule has 0 aliphatic heterocycles. The molecule has 36 heavy (non-hydrogen) atoms. The highest BCUT2D eigenvalue weighted by atomic mass is 31.1. The van der Waals surface area contributed by atoms with E-state index in [1.54, 1.807) is 24.3 Å². The predicted molar refractivity (Wildman–Crippen MR) is 144 cm³/mol. The summed E-state index contributed by atoms with van der Waals surface area (Å²) in [5, 5.41) is 23.1. The maximum absolute atomic E-state index is 12.4. The van der Waals surface area contributed by atoms with Gasteiger partial charge in [-0.25, -0.2) is 0 Å². The number of phenolic OH excluding ortho intramolecular Hbond substituents is 1. The van der Waals surface area contributed by atoms with Crippen molar-refractivity contribution in [1.29, 1.82) is 0 Å². The first-order valence-electron chi connectivity index (χ1n) is 12.9. The lowest BCUT2D eigenvalue weighted by atomic mass is 9.92. The van der Waals surface area contributed by atoms with Gasteiger partial charge in [-0.1, -0.05) is 31.4 Å². The van der Waals surface area contributed by atoms with Crippen LogP contribution in [0, 0.1) is 13.8 Å². The monoisotopic (exact) mass is 519 g/mol. The van der Waals surface area contributed by atoms with Gasteiger partial charge in [-0.2, -0.15) is 0 Å². The molecule has 0 amide bonds. The van der Waals surface area contributed by atoms with Crippen LogP contribution >= 0.6 is 8.03 Å². The van der Waals surface area contributed by atoms with Gasteiger partial charge in [0.1, 0.15) is 30.0 Å². The molecular formula is C28H42NO6P. The lowest BCUT2D eigenvalue weighted by Gasteiger charge is -2.28. The summed E-state index contributed by atoms with van der Waals surface area (Å²) in [5.74, 6) is 1.56. The summed E-state index contributed by atoms with van der Waals surface area (Å²) in [7, 11) is -2.07. The largest absolute Gasteiger partial charge is 0.508 e. The summed E-state index contributed by atoms with van der Waals surface area (Å²) in [6, 6.07) is 10.7. The van der Waals surface area contributed by atoms with Crippen LogP contribution in [0.15, 0.2) is 36.4 Å². The fourth-order valence-electron chi connectivity index (χ4n) is 4.73. The van der Waals surface area contributed by atoms with Gasteiger partial charge in [0, 0.05) is 17.7 Å². The van der Waals surface area contributed by atoms with Crippen molar-refractivity contribution < 1.29 is 28.8 Å². The van der Waals surface area contributed by atoms with Crippen LogP contribution in [0.5, 0.6) is 17.2 Å². The second-order valence-corrected chi connectivity index (χ2v) is 12.3. The molecular weight excluding hydrogens is 477 g/mol. The molecule has 2 unspecified atom stereocenters. The van der Waals surface area contributed by atoms with Crippen LogP contribution in [0.4, 0.5) is 0 Å². The topological polar surface area (TPSA) is 97.2 Å². The molecule has 200 valence electrons. The minimum atomic E-state index is -2.07. The number of benzene rings is 2. The first kappa shape index (κ1) is 28.5. The lowest BCUT2D eigenvalue weighted by molar-refractivity contribution is 0.0988. The number of hydrogen-bond donors (Lipinski definition) is 3. The third-order valence-electron chi connectivity index (χ3n) is 6.60. The number of nitrogens with one attached hydrogen (secondary N) is 1. The van der Waals surface area contributed by atoms with Crippen LogP contribution in [0.3, 0.4) is 0 Å². The molecule has 3 rings (SSSR count). The molecule has 1 saturated carbocycles. The maximum Gasteiger partial charge on any atom is 0.197 e. The number of aromatic hydroxyl groups is 1. The van der Waals surface area contributed by atoms with Crippen LogP contribution < -0.4 is 14.8 Å². The standard InChI is InChI=1S/C28H42NO6P/c1-20-14-22(15-21(2)27(20)34-19-35-36(32)26-8-6-5-7-9-26)16-28(3,4)29-17-24(31)18-33-25-12-10-23(30)11-13-25/h10-15,24,26,29-31,36H,5-9,16-19H2,1-4H3. The van der Waals surface area contributed by atoms with Gasteiger partial charge in [0.2, 0.25) is 0 Å². The van der Waals surface area contributed by atoms with E-state index >= 15 is 0 Å². The van der Waals surface area contributed by atoms with Crippen LogP contribution in [0.1, 0.15) is 62.6 Å². The van der Waals surface area contributed by atoms with Crippen molar-refractivity contribution >= 4 is 8.03 Å². The Morgan fingerprint density at radius 2 is 1.69 bits per heavy atom. The van der Waals surface area contributed by atoms with Gasteiger partial charge in [-0.05, 0) is 87.9 Å². The van der Waals surface area contributed by atoms with Gasteiger partial charge in [0.05, 0.1) is 0 Å². The number of β-amino-alcohol motifs (C(OH)–C–C–N with tert-alkyl or cyclic N) is 1. The summed E-state index contributed by atoms with van der Waals surface area (Å²) in [6.07, 6.45) is 5.61. The first-order chi connectivity index (χ1) is 17.1. The highest BCUT2D eigenvalue weighted by Crippen LogP contribution is 2.39. The van der Waals surface area contributed by atoms with E-state index in [-0.39, 0.29) is 30.3 Å². The number of phenols is 1. The Bertz CT molecular complexity index is 965. The van der Waals surface area contributed by atoms with Crippen LogP contribution in [0.25, 0.3) is 0 Å². The molecule has 3 N–H and O–H groups in total. The van der Waals surface area contributed by atoms with Crippen LogP contribution in [0.2, 0.25) is 0 Å². The molecule has 0 radical (unpaired) electrons. The predicted octanol–water partition coefficient (Wildman–Crippen LogP) is 5.52. The van der Waals surface area contributed by atoms with Gasteiger partial charge >= 0.3 is 0 Å². The van der Waals surface area contributed by atoms with Gasteiger partial charge in [0.25, 0.3) is 0 Å². The van der Waals surface area contributed by atoms with Crippen molar-refractivity contribution in [3.63, 3.8) is 0 Å². The zero-order valence-electron chi connectivity index (χ0n) is 22.0. The van der Waals surface area contributed by atoms with Crippen molar-refractivity contribution in [3.05, 3.63) is 53.1 Å². The summed E-state index contributed by atoms with van der Waals surface area (Å²) in [5.41, 5.74) is 3.16. The molecule has 0 aromatic heterocycles. The normalized spacial score (nSPS) is 16.5. The number of ether oxygens (including phenoxy) is 2. The van der Waals surface area contributed by atoms with E-state index < -0.39 is 14.1 Å². The molecule has 2 aromatic rings. The van der Waals surface area contributed by atoms with E-state index in [1.165, 1.54) is 12.0 Å². The molecule has 0 spiro atoms.